The predicted octanol–water partition coefficient (Wildman–Crippen LogP) is 1.08. The first-order valence-electron chi connectivity index (χ1n) is 8.35. The molecule has 2 N–H and O–H groups in total. The first kappa shape index (κ1) is 14.3. The monoisotopic (exact) mass is 325 g/mol. The van der Waals surface area contributed by atoms with Gasteiger partial charge in [-0.3, -0.25) is 9.69 Å². The fourth-order valence-corrected chi connectivity index (χ4v) is 5.39. The number of carbonyl (C=O) groups is 1. The molecule has 1 fully saturated rings. The number of aromatic hydroxyl groups is 1. The van der Waals surface area contributed by atoms with Crippen molar-refractivity contribution in [3.05, 3.63) is 48.1 Å². The number of phenolic OH excluding ortho intramolecular Hbond substituents is 1. The average molecular weight is 325 g/mol. The summed E-state index contributed by atoms with van der Waals surface area (Å²) in [6.07, 6.45) is 5.46. The van der Waals surface area contributed by atoms with Crippen molar-refractivity contribution in [3.8, 4) is 11.5 Å². The van der Waals surface area contributed by atoms with Gasteiger partial charge in [0.1, 0.15) is 5.60 Å². The van der Waals surface area contributed by atoms with Crippen LogP contribution in [0.2, 0.25) is 0 Å². The van der Waals surface area contributed by atoms with Crippen LogP contribution in [0.3, 0.4) is 0 Å². The Labute approximate surface area is 139 Å². The summed E-state index contributed by atoms with van der Waals surface area (Å²) in [5.74, 6) is 0.280. The van der Waals surface area contributed by atoms with Crippen LogP contribution in [0.1, 0.15) is 17.5 Å². The van der Waals surface area contributed by atoms with E-state index >= 15 is 0 Å². The minimum absolute atomic E-state index is 0.0413. The van der Waals surface area contributed by atoms with E-state index in [1.54, 1.807) is 12.1 Å². The minimum Gasteiger partial charge on any atom is -0.504 e. The van der Waals surface area contributed by atoms with Crippen LogP contribution in [0.4, 0.5) is 0 Å². The third-order valence-electron chi connectivity index (χ3n) is 6.35. The number of ether oxygens (including phenoxy) is 1. The first-order chi connectivity index (χ1) is 11.5. The smallest absolute Gasteiger partial charge is 0.196 e. The molecule has 5 nitrogen and oxygen atoms in total. The molecule has 4 atom stereocenters. The number of aliphatic hydroxyl groups is 1. The second-order valence-electron chi connectivity index (χ2n) is 7.23. The second-order valence-corrected chi connectivity index (χ2v) is 7.23. The summed E-state index contributed by atoms with van der Waals surface area (Å²) in [6, 6.07) is 3.38. The van der Waals surface area contributed by atoms with E-state index in [0.29, 0.717) is 25.1 Å². The van der Waals surface area contributed by atoms with Crippen LogP contribution in [-0.2, 0) is 16.6 Å². The zero-order valence-electron chi connectivity index (χ0n) is 13.2. The molecule has 0 radical (unpaired) electrons. The van der Waals surface area contributed by atoms with Crippen LogP contribution in [0.5, 0.6) is 11.5 Å². The first-order valence-corrected chi connectivity index (χ1v) is 8.35. The van der Waals surface area contributed by atoms with Gasteiger partial charge in [0.05, 0.1) is 5.41 Å². The molecule has 5 rings (SSSR count). The molecule has 2 bridgehead atoms. The van der Waals surface area contributed by atoms with Crippen LogP contribution >= 0.6 is 0 Å². The van der Waals surface area contributed by atoms with Crippen molar-refractivity contribution in [2.24, 2.45) is 0 Å². The Hall–Kier alpha value is -2.11. The Kier molecular flexibility index (Phi) is 2.55. The molecule has 0 aromatic heterocycles. The number of carbonyl (C=O) groups excluding carboxylic acids is 1. The Bertz CT molecular complexity index is 816. The highest BCUT2D eigenvalue weighted by Gasteiger charge is 2.71. The van der Waals surface area contributed by atoms with E-state index in [2.05, 4.69) is 11.5 Å². The lowest BCUT2D eigenvalue weighted by molar-refractivity contribution is -0.153. The fourth-order valence-electron chi connectivity index (χ4n) is 5.39. The maximum atomic E-state index is 12.5. The van der Waals surface area contributed by atoms with Gasteiger partial charge < -0.3 is 14.9 Å². The summed E-state index contributed by atoms with van der Waals surface area (Å²) < 4.78 is 5.93. The largest absolute Gasteiger partial charge is 0.504 e. The number of nitrogens with zero attached hydrogens (tertiary/aromatic N) is 1. The molecule has 1 saturated heterocycles. The molecule has 0 saturated carbocycles. The van der Waals surface area contributed by atoms with E-state index in [1.165, 1.54) is 6.08 Å². The number of piperidine rings is 1. The van der Waals surface area contributed by atoms with Gasteiger partial charge in [-0.15, -0.1) is 6.58 Å². The molecule has 24 heavy (non-hydrogen) atoms. The van der Waals surface area contributed by atoms with Crippen LogP contribution in [0, 0.1) is 0 Å². The third-order valence-corrected chi connectivity index (χ3v) is 6.35. The number of phenols is 1. The Morgan fingerprint density at radius 1 is 1.46 bits per heavy atom. The normalized spacial score (nSPS) is 38.6. The average Bonchev–Trinajstić information content (AvgIpc) is 2.91. The zero-order chi connectivity index (χ0) is 16.7. The van der Waals surface area contributed by atoms with Crippen LogP contribution in [-0.4, -0.2) is 51.7 Å². The summed E-state index contributed by atoms with van der Waals surface area (Å²) in [5, 5.41) is 22.0. The molecule has 5 heteroatoms. The van der Waals surface area contributed by atoms with Gasteiger partial charge in [-0.25, -0.2) is 0 Å². The van der Waals surface area contributed by atoms with Gasteiger partial charge in [0.15, 0.2) is 23.4 Å². The summed E-state index contributed by atoms with van der Waals surface area (Å²) in [5.41, 5.74) is -0.0964. The molecule has 2 aliphatic carbocycles. The third kappa shape index (κ3) is 1.34. The van der Waals surface area contributed by atoms with Gasteiger partial charge in [0, 0.05) is 24.7 Å². The molecule has 4 aliphatic rings. The number of rotatable bonds is 2. The fraction of sp³-hybridized carbons (Fsp3) is 0.421. The molecule has 1 unspecified atom stereocenters. The Balaban J connectivity index is 1.83. The lowest BCUT2D eigenvalue weighted by Crippen LogP contribution is -2.75. The number of hydrogen-bond donors (Lipinski definition) is 2. The van der Waals surface area contributed by atoms with E-state index in [0.717, 1.165) is 17.7 Å². The van der Waals surface area contributed by atoms with Crippen molar-refractivity contribution in [1.82, 2.24) is 4.90 Å². The van der Waals surface area contributed by atoms with Crippen molar-refractivity contribution in [1.29, 1.82) is 0 Å². The summed E-state index contributed by atoms with van der Waals surface area (Å²) in [4.78, 5) is 14.8. The summed E-state index contributed by atoms with van der Waals surface area (Å²) in [6.45, 7) is 5.28. The highest BCUT2D eigenvalue weighted by molar-refractivity contribution is 5.99. The second kappa shape index (κ2) is 4.29. The van der Waals surface area contributed by atoms with Gasteiger partial charge in [-0.1, -0.05) is 12.1 Å². The quantitative estimate of drug-likeness (QED) is 0.796. The van der Waals surface area contributed by atoms with Gasteiger partial charge in [0.2, 0.25) is 0 Å². The van der Waals surface area contributed by atoms with E-state index in [9.17, 15) is 15.0 Å². The van der Waals surface area contributed by atoms with Crippen molar-refractivity contribution in [2.45, 2.75) is 36.0 Å². The van der Waals surface area contributed by atoms with E-state index < -0.39 is 17.1 Å². The highest BCUT2D eigenvalue weighted by Crippen LogP contribution is 2.63. The molecular formula is C19H19NO4. The van der Waals surface area contributed by atoms with Gasteiger partial charge in [0.25, 0.3) is 0 Å². The van der Waals surface area contributed by atoms with Gasteiger partial charge in [-0.2, -0.15) is 0 Å². The van der Waals surface area contributed by atoms with E-state index in [4.69, 9.17) is 4.74 Å². The van der Waals surface area contributed by atoms with Crippen LogP contribution in [0.15, 0.2) is 36.9 Å². The van der Waals surface area contributed by atoms with Crippen molar-refractivity contribution in [3.63, 3.8) is 0 Å². The molecule has 0 amide bonds. The minimum atomic E-state index is -1.18. The van der Waals surface area contributed by atoms with Crippen LogP contribution in [0.25, 0.3) is 0 Å². The number of hydrogen-bond acceptors (Lipinski definition) is 5. The Morgan fingerprint density at radius 3 is 3.08 bits per heavy atom. The molecular weight excluding hydrogens is 306 g/mol. The van der Waals surface area contributed by atoms with E-state index in [-0.39, 0.29) is 17.6 Å². The summed E-state index contributed by atoms with van der Waals surface area (Å²) in [7, 11) is 0. The van der Waals surface area contributed by atoms with Crippen LogP contribution < -0.4 is 4.74 Å². The van der Waals surface area contributed by atoms with Gasteiger partial charge in [-0.05, 0) is 36.6 Å². The Morgan fingerprint density at radius 2 is 2.29 bits per heavy atom. The lowest BCUT2D eigenvalue weighted by atomic mass is 9.51. The van der Waals surface area contributed by atoms with Crippen molar-refractivity contribution >= 4 is 5.78 Å². The number of benzene rings is 1. The SMILES string of the molecule is C=CCN1CC[C@]23c4c5ccc(O)c4OC2C(=O)C=C[C@@]3(O)[C@H]1C5. The molecule has 1 aromatic carbocycles. The zero-order valence-corrected chi connectivity index (χ0v) is 13.2. The van der Waals surface area contributed by atoms with Crippen molar-refractivity contribution < 1.29 is 19.7 Å². The maximum Gasteiger partial charge on any atom is 0.196 e. The highest BCUT2D eigenvalue weighted by atomic mass is 16.5. The molecule has 1 aromatic rings. The number of likely N-dealkylation sites (tertiary alicyclic amines) is 1. The van der Waals surface area contributed by atoms with Gasteiger partial charge >= 0.3 is 0 Å². The summed E-state index contributed by atoms with van der Waals surface area (Å²) >= 11 is 0. The molecule has 2 aliphatic heterocycles. The van der Waals surface area contributed by atoms with Crippen molar-refractivity contribution in [2.75, 3.05) is 13.1 Å². The topological polar surface area (TPSA) is 70.0 Å². The molecule has 1 spiro atoms. The number of ketones is 1. The maximum absolute atomic E-state index is 12.5. The lowest BCUT2D eigenvalue weighted by Gasteiger charge is -2.60. The standard InChI is InChI=1S/C19H19NO4/c1-2-8-20-9-7-18-15-11-3-4-12(21)16(15)24-17(18)13(22)5-6-19(18,23)14(20)10-11/h2-6,14,17,21,23H,1,7-10H2/t14-,17?,18+,19-/m1/s1. The predicted molar refractivity (Wildman–Crippen MR) is 87.2 cm³/mol. The molecule has 124 valence electrons. The van der Waals surface area contributed by atoms with E-state index in [1.807, 2.05) is 12.1 Å². The molecule has 2 heterocycles.